The smallest absolute Gasteiger partial charge is 0.102 e. The number of unbranched alkanes of at least 4 members (excludes halogenated alkanes) is 2. The van der Waals surface area contributed by atoms with Gasteiger partial charge in [0, 0.05) is 9.79 Å². The fourth-order valence-electron chi connectivity index (χ4n) is 1.75. The molecule has 0 radical (unpaired) electrons. The maximum atomic E-state index is 9.38. The first-order valence-electron chi connectivity index (χ1n) is 7.22. The highest BCUT2D eigenvalue weighted by atomic mass is 35.5. The highest BCUT2D eigenvalue weighted by Gasteiger charge is 2.22. The quantitative estimate of drug-likeness (QED) is 0.384. The lowest BCUT2D eigenvalue weighted by atomic mass is 10.1. The maximum absolute atomic E-state index is 9.38. The number of benzene rings is 1. The maximum Gasteiger partial charge on any atom is 0.102 e. The van der Waals surface area contributed by atoms with Crippen LogP contribution in [0.25, 0.3) is 0 Å². The SMILES string of the molecule is CCCCSc1c(Cl)c(SCCCC)c(C#N)c(Cl)c1C#N. The first-order valence-corrected chi connectivity index (χ1v) is 9.95. The molecule has 1 aromatic rings. The standard InChI is InChI=1S/C16H18Cl2N2S2/c1-3-5-7-21-15-11(9-19)13(17)12(10-20)16(14(15)18)22-8-6-4-2/h3-8H2,1-2H3. The lowest BCUT2D eigenvalue weighted by Crippen LogP contribution is -1.96. The first kappa shape index (κ1) is 19.5. The molecule has 2 nitrogen and oxygen atoms in total. The van der Waals surface area contributed by atoms with Crippen molar-refractivity contribution in [2.45, 2.75) is 49.3 Å². The summed E-state index contributed by atoms with van der Waals surface area (Å²) in [5.74, 6) is 1.76. The molecule has 0 aliphatic rings. The third-order valence-corrected chi connectivity index (χ3v) is 6.36. The molecule has 0 aromatic heterocycles. The molecule has 0 bridgehead atoms. The van der Waals surface area contributed by atoms with E-state index in [-0.39, 0.29) is 5.02 Å². The average Bonchev–Trinajstić information content (AvgIpc) is 2.52. The summed E-state index contributed by atoms with van der Waals surface area (Å²) in [7, 11) is 0. The van der Waals surface area contributed by atoms with Gasteiger partial charge in [-0.05, 0) is 24.3 Å². The van der Waals surface area contributed by atoms with Gasteiger partial charge in [-0.1, -0.05) is 49.9 Å². The molecule has 1 aromatic carbocycles. The van der Waals surface area contributed by atoms with Crippen LogP contribution < -0.4 is 0 Å². The Hall–Kier alpha value is -0.520. The summed E-state index contributed by atoms with van der Waals surface area (Å²) >= 11 is 15.9. The third kappa shape index (κ3) is 4.74. The zero-order valence-corrected chi connectivity index (χ0v) is 15.9. The highest BCUT2D eigenvalue weighted by molar-refractivity contribution is 8.00. The van der Waals surface area contributed by atoms with E-state index < -0.39 is 0 Å². The second-order valence-electron chi connectivity index (χ2n) is 4.66. The molecule has 0 saturated heterocycles. The van der Waals surface area contributed by atoms with Gasteiger partial charge in [-0.25, -0.2) is 0 Å². The summed E-state index contributed by atoms with van der Waals surface area (Å²) < 4.78 is 0. The number of nitriles is 2. The Labute approximate surface area is 151 Å². The molecule has 22 heavy (non-hydrogen) atoms. The fraction of sp³-hybridized carbons (Fsp3) is 0.500. The molecule has 0 saturated carbocycles. The molecule has 118 valence electrons. The summed E-state index contributed by atoms with van der Waals surface area (Å²) in [6, 6.07) is 4.21. The van der Waals surface area contributed by atoms with Gasteiger partial charge in [0.15, 0.2) is 0 Å². The molecule has 0 spiro atoms. The average molecular weight is 373 g/mol. The lowest BCUT2D eigenvalue weighted by Gasteiger charge is -2.14. The van der Waals surface area contributed by atoms with E-state index in [9.17, 15) is 10.5 Å². The molecule has 0 atom stereocenters. The molecule has 0 N–H and O–H groups in total. The Morgan fingerprint density at radius 2 is 1.23 bits per heavy atom. The number of hydrogen-bond donors (Lipinski definition) is 0. The third-order valence-electron chi connectivity index (χ3n) is 3.00. The van der Waals surface area contributed by atoms with Crippen LogP contribution >= 0.6 is 46.7 Å². The Morgan fingerprint density at radius 3 is 1.55 bits per heavy atom. The summed E-state index contributed by atoms with van der Waals surface area (Å²) in [5, 5.41) is 19.5. The van der Waals surface area contributed by atoms with Crippen molar-refractivity contribution in [3.8, 4) is 12.1 Å². The van der Waals surface area contributed by atoms with Crippen molar-refractivity contribution in [3.63, 3.8) is 0 Å². The predicted octanol–water partition coefficient (Wildman–Crippen LogP) is 6.52. The number of rotatable bonds is 8. The Bertz CT molecular complexity index is 555. The fourth-order valence-corrected chi connectivity index (χ4v) is 5.04. The van der Waals surface area contributed by atoms with E-state index in [1.807, 2.05) is 0 Å². The van der Waals surface area contributed by atoms with Crippen molar-refractivity contribution in [2.75, 3.05) is 11.5 Å². The van der Waals surface area contributed by atoms with Crippen molar-refractivity contribution >= 4 is 46.7 Å². The van der Waals surface area contributed by atoms with Crippen molar-refractivity contribution in [3.05, 3.63) is 21.2 Å². The molecular formula is C16H18Cl2N2S2. The summed E-state index contributed by atoms with van der Waals surface area (Å²) in [5.41, 5.74) is 0.647. The number of halogens is 2. The van der Waals surface area contributed by atoms with Crippen LogP contribution in [-0.2, 0) is 0 Å². The lowest BCUT2D eigenvalue weighted by molar-refractivity contribution is 0.895. The number of thioether (sulfide) groups is 2. The molecular weight excluding hydrogens is 355 g/mol. The minimum Gasteiger partial charge on any atom is -0.192 e. The summed E-state index contributed by atoms with van der Waals surface area (Å²) in [6.45, 7) is 4.23. The summed E-state index contributed by atoms with van der Waals surface area (Å²) in [4.78, 5) is 1.42. The van der Waals surface area contributed by atoms with Gasteiger partial charge >= 0.3 is 0 Å². The van der Waals surface area contributed by atoms with Crippen LogP contribution in [0.3, 0.4) is 0 Å². The van der Waals surface area contributed by atoms with Crippen LogP contribution in [0.5, 0.6) is 0 Å². The highest BCUT2D eigenvalue weighted by Crippen LogP contribution is 2.44. The van der Waals surface area contributed by atoms with Crippen molar-refractivity contribution in [2.24, 2.45) is 0 Å². The first-order chi connectivity index (χ1) is 10.6. The minimum atomic E-state index is 0.229. The van der Waals surface area contributed by atoms with Gasteiger partial charge in [-0.2, -0.15) is 10.5 Å². The van der Waals surface area contributed by atoms with Gasteiger partial charge in [0.25, 0.3) is 0 Å². The zero-order valence-electron chi connectivity index (χ0n) is 12.7. The van der Waals surface area contributed by atoms with E-state index in [1.54, 1.807) is 23.5 Å². The van der Waals surface area contributed by atoms with Crippen molar-refractivity contribution < 1.29 is 0 Å². The molecule has 0 heterocycles. The van der Waals surface area contributed by atoms with Gasteiger partial charge in [-0.15, -0.1) is 23.5 Å². The topological polar surface area (TPSA) is 47.6 Å². The number of hydrogen-bond acceptors (Lipinski definition) is 4. The van der Waals surface area contributed by atoms with Gasteiger partial charge in [0.2, 0.25) is 0 Å². The van der Waals surface area contributed by atoms with Gasteiger partial charge in [0.1, 0.15) is 12.1 Å². The molecule has 0 aliphatic heterocycles. The van der Waals surface area contributed by atoms with E-state index in [1.165, 1.54) is 0 Å². The summed E-state index contributed by atoms with van der Waals surface area (Å²) in [6.07, 6.45) is 4.24. The Balaban J connectivity index is 3.30. The molecule has 0 fully saturated rings. The molecule has 1 rings (SSSR count). The normalized spacial score (nSPS) is 10.3. The van der Waals surface area contributed by atoms with Crippen molar-refractivity contribution in [1.82, 2.24) is 0 Å². The van der Waals surface area contributed by atoms with Crippen LogP contribution in [-0.4, -0.2) is 11.5 Å². The Kier molecular flexibility index (Phi) is 9.13. The van der Waals surface area contributed by atoms with Gasteiger partial charge in [-0.3, -0.25) is 0 Å². The van der Waals surface area contributed by atoms with E-state index in [0.29, 0.717) is 25.9 Å². The van der Waals surface area contributed by atoms with Gasteiger partial charge in [0.05, 0.1) is 21.2 Å². The minimum absolute atomic E-state index is 0.229. The van der Waals surface area contributed by atoms with Crippen molar-refractivity contribution in [1.29, 1.82) is 10.5 Å². The second-order valence-corrected chi connectivity index (χ2v) is 7.63. The van der Waals surface area contributed by atoms with E-state index >= 15 is 0 Å². The van der Waals surface area contributed by atoms with Crippen LogP contribution in [0, 0.1) is 22.7 Å². The second kappa shape index (κ2) is 10.3. The van der Waals surface area contributed by atoms with Crippen LogP contribution in [0.1, 0.15) is 50.7 Å². The van der Waals surface area contributed by atoms with E-state index in [2.05, 4.69) is 26.0 Å². The van der Waals surface area contributed by atoms with Crippen LogP contribution in [0.15, 0.2) is 9.79 Å². The molecule has 0 amide bonds. The Morgan fingerprint density at radius 1 is 0.818 bits per heavy atom. The van der Waals surface area contributed by atoms with E-state index in [0.717, 1.165) is 37.2 Å². The van der Waals surface area contributed by atoms with Gasteiger partial charge < -0.3 is 0 Å². The zero-order chi connectivity index (χ0) is 16.5. The molecule has 0 unspecified atom stereocenters. The van der Waals surface area contributed by atoms with Crippen LogP contribution in [0.4, 0.5) is 0 Å². The largest absolute Gasteiger partial charge is 0.192 e. The van der Waals surface area contributed by atoms with Crippen LogP contribution in [0.2, 0.25) is 10.0 Å². The number of nitrogens with zero attached hydrogens (tertiary/aromatic N) is 2. The monoisotopic (exact) mass is 372 g/mol. The molecule has 0 aliphatic carbocycles. The predicted molar refractivity (Wildman–Crippen MR) is 97.2 cm³/mol. The van der Waals surface area contributed by atoms with E-state index in [4.69, 9.17) is 23.2 Å². The molecule has 6 heteroatoms.